The van der Waals surface area contributed by atoms with Crippen LogP contribution in [-0.4, -0.2) is 16.1 Å². The number of hydrogen-bond donors (Lipinski definition) is 1. The van der Waals surface area contributed by atoms with Crippen LogP contribution in [0.15, 0.2) is 54.5 Å². The first kappa shape index (κ1) is 17.8. The zero-order valence-electron chi connectivity index (χ0n) is 14.8. The van der Waals surface area contributed by atoms with E-state index in [0.29, 0.717) is 12.0 Å². The summed E-state index contributed by atoms with van der Waals surface area (Å²) in [6.07, 6.45) is 3.53. The monoisotopic (exact) mass is 349 g/mol. The number of carboxylic acid groups (broad SMARTS) is 1. The Balaban J connectivity index is 2.21. The van der Waals surface area contributed by atoms with Gasteiger partial charge in [-0.25, -0.2) is 4.39 Å². The number of aliphatic carboxylic acids is 1. The second kappa shape index (κ2) is 7.48. The van der Waals surface area contributed by atoms with Crippen molar-refractivity contribution in [2.45, 2.75) is 26.7 Å². The summed E-state index contributed by atoms with van der Waals surface area (Å²) in [5.74, 6) is -1.16. The summed E-state index contributed by atoms with van der Waals surface area (Å²) in [5.41, 5.74) is 4.11. The Bertz CT molecular complexity index is 1000. The van der Waals surface area contributed by atoms with E-state index in [1.807, 2.05) is 43.3 Å². The minimum absolute atomic E-state index is 0.0495. The van der Waals surface area contributed by atoms with Gasteiger partial charge in [0.05, 0.1) is 17.9 Å². The molecule has 3 rings (SSSR count). The standard InChI is InChI=1S/C22H20FNO2/c1-14-10-16-6-3-4-8-18(16)20(19(14)13-22(25)26)12-21-17(11-15(2)23)7-5-9-24-21/h3-11H,12-13H2,1-2H3,(H,25,26)/b15-11+. The SMILES string of the molecule is C/C(F)=C\c1cccnc1Cc1c(CC(=O)O)c(C)cc2ccccc12. The lowest BCUT2D eigenvalue weighted by atomic mass is 9.89. The number of fused-ring (bicyclic) bond motifs is 1. The Hall–Kier alpha value is -3.01. The lowest BCUT2D eigenvalue weighted by Crippen LogP contribution is -2.08. The lowest BCUT2D eigenvalue weighted by Gasteiger charge is -2.16. The van der Waals surface area contributed by atoms with Crippen molar-refractivity contribution in [3.8, 4) is 0 Å². The van der Waals surface area contributed by atoms with Crippen LogP contribution in [-0.2, 0) is 17.6 Å². The van der Waals surface area contributed by atoms with Crippen LogP contribution in [0.1, 0.15) is 34.9 Å². The van der Waals surface area contributed by atoms with Gasteiger partial charge in [0.1, 0.15) is 0 Å². The molecular weight excluding hydrogens is 329 g/mol. The summed E-state index contributed by atoms with van der Waals surface area (Å²) in [5, 5.41) is 11.4. The largest absolute Gasteiger partial charge is 0.481 e. The molecule has 4 heteroatoms. The highest BCUT2D eigenvalue weighted by atomic mass is 19.1. The molecule has 0 aliphatic carbocycles. The van der Waals surface area contributed by atoms with E-state index in [-0.39, 0.29) is 12.2 Å². The van der Waals surface area contributed by atoms with Crippen molar-refractivity contribution < 1.29 is 14.3 Å². The predicted molar refractivity (Wildman–Crippen MR) is 102 cm³/mol. The van der Waals surface area contributed by atoms with E-state index in [1.54, 1.807) is 12.3 Å². The second-order valence-electron chi connectivity index (χ2n) is 6.39. The van der Waals surface area contributed by atoms with Gasteiger partial charge in [0.25, 0.3) is 0 Å². The number of nitrogens with zero attached hydrogens (tertiary/aromatic N) is 1. The summed E-state index contributed by atoms with van der Waals surface area (Å²) < 4.78 is 13.4. The van der Waals surface area contributed by atoms with E-state index in [4.69, 9.17) is 0 Å². The van der Waals surface area contributed by atoms with Gasteiger partial charge in [-0.05, 0) is 59.0 Å². The molecule has 0 spiro atoms. The summed E-state index contributed by atoms with van der Waals surface area (Å²) in [4.78, 5) is 15.8. The summed E-state index contributed by atoms with van der Waals surface area (Å²) in [7, 11) is 0. The number of hydrogen-bond acceptors (Lipinski definition) is 2. The smallest absolute Gasteiger partial charge is 0.307 e. The van der Waals surface area contributed by atoms with Crippen LogP contribution >= 0.6 is 0 Å². The fourth-order valence-electron chi connectivity index (χ4n) is 3.33. The number of allylic oxidation sites excluding steroid dienone is 1. The van der Waals surface area contributed by atoms with Crippen molar-refractivity contribution in [2.24, 2.45) is 0 Å². The maximum Gasteiger partial charge on any atom is 0.307 e. The van der Waals surface area contributed by atoms with E-state index < -0.39 is 5.97 Å². The van der Waals surface area contributed by atoms with Crippen LogP contribution in [0.4, 0.5) is 4.39 Å². The molecule has 26 heavy (non-hydrogen) atoms. The highest BCUT2D eigenvalue weighted by Gasteiger charge is 2.16. The number of benzene rings is 2. The van der Waals surface area contributed by atoms with Crippen molar-refractivity contribution in [3.63, 3.8) is 0 Å². The van der Waals surface area contributed by atoms with E-state index in [2.05, 4.69) is 4.98 Å². The van der Waals surface area contributed by atoms with Gasteiger partial charge in [-0.15, -0.1) is 0 Å². The van der Waals surface area contributed by atoms with Crippen LogP contribution in [0, 0.1) is 6.92 Å². The molecule has 0 saturated heterocycles. The Morgan fingerprint density at radius 2 is 1.96 bits per heavy atom. The van der Waals surface area contributed by atoms with Crippen molar-refractivity contribution in [1.82, 2.24) is 4.98 Å². The fraction of sp³-hybridized carbons (Fsp3) is 0.182. The molecule has 3 nitrogen and oxygen atoms in total. The first-order valence-electron chi connectivity index (χ1n) is 8.45. The molecule has 0 amide bonds. The van der Waals surface area contributed by atoms with Gasteiger partial charge >= 0.3 is 5.97 Å². The van der Waals surface area contributed by atoms with E-state index in [9.17, 15) is 14.3 Å². The Morgan fingerprint density at radius 1 is 1.19 bits per heavy atom. The summed E-state index contributed by atoms with van der Waals surface area (Å²) in [6, 6.07) is 13.5. The minimum atomic E-state index is -0.870. The average molecular weight is 349 g/mol. The topological polar surface area (TPSA) is 50.2 Å². The van der Waals surface area contributed by atoms with Crippen molar-refractivity contribution in [1.29, 1.82) is 0 Å². The fourth-order valence-corrected chi connectivity index (χ4v) is 3.33. The van der Waals surface area contributed by atoms with Crippen LogP contribution in [0.2, 0.25) is 0 Å². The van der Waals surface area contributed by atoms with E-state index >= 15 is 0 Å². The Labute approximate surface area is 151 Å². The van der Waals surface area contributed by atoms with Crippen LogP contribution in [0.3, 0.4) is 0 Å². The molecule has 0 aliphatic heterocycles. The number of pyridine rings is 1. The third kappa shape index (κ3) is 3.80. The molecule has 1 N–H and O–H groups in total. The number of rotatable bonds is 5. The van der Waals surface area contributed by atoms with Gasteiger partial charge in [-0.2, -0.15) is 0 Å². The Kier molecular flexibility index (Phi) is 5.12. The molecule has 0 unspecified atom stereocenters. The van der Waals surface area contributed by atoms with E-state index in [0.717, 1.165) is 33.2 Å². The predicted octanol–water partition coefficient (Wildman–Crippen LogP) is 5.09. The van der Waals surface area contributed by atoms with Gasteiger partial charge in [-0.1, -0.05) is 36.4 Å². The number of aryl methyl sites for hydroxylation is 1. The molecule has 0 radical (unpaired) electrons. The Morgan fingerprint density at radius 3 is 2.69 bits per heavy atom. The number of aromatic nitrogens is 1. The maximum atomic E-state index is 13.4. The lowest BCUT2D eigenvalue weighted by molar-refractivity contribution is -0.136. The minimum Gasteiger partial charge on any atom is -0.481 e. The van der Waals surface area contributed by atoms with Crippen LogP contribution < -0.4 is 0 Å². The second-order valence-corrected chi connectivity index (χ2v) is 6.39. The van der Waals surface area contributed by atoms with Crippen LogP contribution in [0.5, 0.6) is 0 Å². The molecule has 2 aromatic carbocycles. The molecule has 0 bridgehead atoms. The molecule has 1 aromatic heterocycles. The van der Waals surface area contributed by atoms with Gasteiger partial charge in [0.2, 0.25) is 0 Å². The molecule has 132 valence electrons. The van der Waals surface area contributed by atoms with Crippen molar-refractivity contribution in [2.75, 3.05) is 0 Å². The molecule has 0 saturated carbocycles. The molecule has 0 fully saturated rings. The average Bonchev–Trinajstić information content (AvgIpc) is 2.58. The quantitative estimate of drug-likeness (QED) is 0.698. The zero-order chi connectivity index (χ0) is 18.7. The first-order valence-corrected chi connectivity index (χ1v) is 8.45. The third-order valence-electron chi connectivity index (χ3n) is 4.45. The van der Waals surface area contributed by atoms with Crippen molar-refractivity contribution >= 4 is 22.8 Å². The number of carboxylic acids is 1. The summed E-state index contributed by atoms with van der Waals surface area (Å²) in [6.45, 7) is 3.33. The summed E-state index contributed by atoms with van der Waals surface area (Å²) >= 11 is 0. The number of halogens is 1. The molecule has 0 aliphatic rings. The first-order chi connectivity index (χ1) is 12.5. The van der Waals surface area contributed by atoms with E-state index in [1.165, 1.54) is 13.0 Å². The van der Waals surface area contributed by atoms with Crippen LogP contribution in [0.25, 0.3) is 16.8 Å². The normalized spacial score (nSPS) is 11.7. The molecule has 1 heterocycles. The van der Waals surface area contributed by atoms with Gasteiger partial charge in [0.15, 0.2) is 0 Å². The van der Waals surface area contributed by atoms with Crippen molar-refractivity contribution in [3.05, 3.63) is 82.4 Å². The number of carbonyl (C=O) groups is 1. The molecule has 3 aromatic rings. The van der Waals surface area contributed by atoms with Gasteiger partial charge in [0, 0.05) is 12.6 Å². The van der Waals surface area contributed by atoms with Gasteiger partial charge in [-0.3, -0.25) is 9.78 Å². The molecular formula is C22H20FNO2. The maximum absolute atomic E-state index is 13.4. The highest BCUT2D eigenvalue weighted by Crippen LogP contribution is 2.29. The highest BCUT2D eigenvalue weighted by molar-refractivity contribution is 5.89. The van der Waals surface area contributed by atoms with Gasteiger partial charge < -0.3 is 5.11 Å². The zero-order valence-corrected chi connectivity index (χ0v) is 14.8. The molecule has 0 atom stereocenters. The third-order valence-corrected chi connectivity index (χ3v) is 4.45.